The van der Waals surface area contributed by atoms with E-state index in [-0.39, 0.29) is 5.56 Å². The van der Waals surface area contributed by atoms with E-state index in [9.17, 15) is 4.39 Å². The molecule has 2 rings (SSSR count). The number of ether oxygens (including phenoxy) is 1. The molecule has 0 atom stereocenters. The molecule has 0 unspecified atom stereocenters. The van der Waals surface area contributed by atoms with E-state index in [4.69, 9.17) is 10.00 Å². The van der Waals surface area contributed by atoms with Crippen molar-refractivity contribution < 1.29 is 9.13 Å². The average Bonchev–Trinajstić information content (AvgIpc) is 2.46. The van der Waals surface area contributed by atoms with Gasteiger partial charge in [-0.1, -0.05) is 6.07 Å². The van der Waals surface area contributed by atoms with Gasteiger partial charge in [-0.05, 0) is 36.4 Å². The van der Waals surface area contributed by atoms with Gasteiger partial charge in [0, 0.05) is 12.7 Å². The molecular formula is C15H13FN2O. The maximum Gasteiger partial charge on any atom is 0.143 e. The van der Waals surface area contributed by atoms with Crippen LogP contribution in [0.4, 0.5) is 15.8 Å². The summed E-state index contributed by atoms with van der Waals surface area (Å²) >= 11 is 0. The van der Waals surface area contributed by atoms with Crippen LogP contribution in [0.3, 0.4) is 0 Å². The molecule has 0 N–H and O–H groups in total. The zero-order valence-electron chi connectivity index (χ0n) is 10.7. The van der Waals surface area contributed by atoms with E-state index in [1.54, 1.807) is 31.2 Å². The van der Waals surface area contributed by atoms with Gasteiger partial charge >= 0.3 is 0 Å². The second kappa shape index (κ2) is 5.40. The van der Waals surface area contributed by atoms with Crippen LogP contribution in [0.15, 0.2) is 42.5 Å². The predicted octanol–water partition coefficient (Wildman–Crippen LogP) is 3.47. The van der Waals surface area contributed by atoms with Gasteiger partial charge in [-0.25, -0.2) is 4.39 Å². The van der Waals surface area contributed by atoms with Gasteiger partial charge in [-0.3, -0.25) is 0 Å². The predicted molar refractivity (Wildman–Crippen MR) is 72.2 cm³/mol. The lowest BCUT2D eigenvalue weighted by atomic mass is 10.1. The Morgan fingerprint density at radius 2 is 1.84 bits per heavy atom. The molecule has 3 nitrogen and oxygen atoms in total. The molecule has 0 heterocycles. The maximum atomic E-state index is 13.6. The standard InChI is InChI=1S/C15H13FN2O/c1-18(11-6-8-12(19-2)9-7-11)15-5-3-4-14(16)13(15)10-17/h3-9H,1-2H3. The Kier molecular flexibility index (Phi) is 3.67. The Morgan fingerprint density at radius 3 is 2.42 bits per heavy atom. The van der Waals surface area contributed by atoms with Crippen LogP contribution in [0.1, 0.15) is 5.56 Å². The van der Waals surface area contributed by atoms with Crippen LogP contribution in [-0.4, -0.2) is 14.2 Å². The molecule has 0 spiro atoms. The van der Waals surface area contributed by atoms with E-state index in [0.717, 1.165) is 11.4 Å². The van der Waals surface area contributed by atoms with Crippen molar-refractivity contribution in [1.29, 1.82) is 5.26 Å². The lowest BCUT2D eigenvalue weighted by Gasteiger charge is -2.21. The molecule has 0 saturated carbocycles. The number of methoxy groups -OCH3 is 1. The molecule has 2 aromatic carbocycles. The highest BCUT2D eigenvalue weighted by Crippen LogP contribution is 2.29. The molecule has 0 saturated heterocycles. The van der Waals surface area contributed by atoms with Gasteiger partial charge in [0.2, 0.25) is 0 Å². The first kappa shape index (κ1) is 12.9. The SMILES string of the molecule is COc1ccc(N(C)c2cccc(F)c2C#N)cc1. The monoisotopic (exact) mass is 256 g/mol. The number of nitrogens with zero attached hydrogens (tertiary/aromatic N) is 2. The Morgan fingerprint density at radius 1 is 1.16 bits per heavy atom. The van der Waals surface area contributed by atoms with Crippen LogP contribution < -0.4 is 9.64 Å². The highest BCUT2D eigenvalue weighted by Gasteiger charge is 2.12. The van der Waals surface area contributed by atoms with E-state index in [0.29, 0.717) is 5.69 Å². The zero-order chi connectivity index (χ0) is 13.8. The average molecular weight is 256 g/mol. The van der Waals surface area contributed by atoms with Crippen LogP contribution in [0.2, 0.25) is 0 Å². The van der Waals surface area contributed by atoms with Gasteiger partial charge < -0.3 is 9.64 Å². The molecule has 0 aromatic heterocycles. The largest absolute Gasteiger partial charge is 0.497 e. The maximum absolute atomic E-state index is 13.6. The van der Waals surface area contributed by atoms with Gasteiger partial charge in [-0.15, -0.1) is 0 Å². The first-order chi connectivity index (χ1) is 9.17. The summed E-state index contributed by atoms with van der Waals surface area (Å²) in [7, 11) is 3.39. The first-order valence-electron chi connectivity index (χ1n) is 5.73. The quantitative estimate of drug-likeness (QED) is 0.843. The number of nitriles is 1. The third-order valence-corrected chi connectivity index (χ3v) is 2.92. The van der Waals surface area contributed by atoms with Gasteiger partial charge in [0.25, 0.3) is 0 Å². The zero-order valence-corrected chi connectivity index (χ0v) is 10.7. The van der Waals surface area contributed by atoms with Crippen molar-refractivity contribution in [3.05, 3.63) is 53.8 Å². The van der Waals surface area contributed by atoms with Crippen molar-refractivity contribution >= 4 is 11.4 Å². The fourth-order valence-corrected chi connectivity index (χ4v) is 1.85. The van der Waals surface area contributed by atoms with Crippen LogP contribution >= 0.6 is 0 Å². The second-order valence-corrected chi connectivity index (χ2v) is 4.00. The molecule has 0 radical (unpaired) electrons. The van der Waals surface area contributed by atoms with E-state index in [1.807, 2.05) is 30.3 Å². The fraction of sp³-hybridized carbons (Fsp3) is 0.133. The molecule has 0 bridgehead atoms. The molecule has 0 aliphatic rings. The number of hydrogen-bond donors (Lipinski definition) is 0. The highest BCUT2D eigenvalue weighted by atomic mass is 19.1. The summed E-state index contributed by atoms with van der Waals surface area (Å²) in [5.41, 5.74) is 1.43. The third kappa shape index (κ3) is 2.50. The van der Waals surface area contributed by atoms with E-state index >= 15 is 0 Å². The molecular weight excluding hydrogens is 243 g/mol. The van der Waals surface area contributed by atoms with Crippen LogP contribution in [0.25, 0.3) is 0 Å². The molecule has 0 fully saturated rings. The van der Waals surface area contributed by atoms with Crippen LogP contribution in [0.5, 0.6) is 5.75 Å². The van der Waals surface area contributed by atoms with Crippen molar-refractivity contribution in [2.24, 2.45) is 0 Å². The summed E-state index contributed by atoms with van der Waals surface area (Å²) in [6, 6.07) is 13.8. The van der Waals surface area contributed by atoms with Crippen LogP contribution in [-0.2, 0) is 0 Å². The lowest BCUT2D eigenvalue weighted by Crippen LogP contribution is -2.11. The van der Waals surface area contributed by atoms with E-state index < -0.39 is 5.82 Å². The lowest BCUT2D eigenvalue weighted by molar-refractivity contribution is 0.415. The summed E-state index contributed by atoms with van der Waals surface area (Å²) in [5.74, 6) is 0.234. The molecule has 2 aromatic rings. The first-order valence-corrected chi connectivity index (χ1v) is 5.73. The molecule has 0 aliphatic carbocycles. The van der Waals surface area contributed by atoms with E-state index in [1.165, 1.54) is 6.07 Å². The van der Waals surface area contributed by atoms with Crippen molar-refractivity contribution in [1.82, 2.24) is 0 Å². The number of anilines is 2. The summed E-state index contributed by atoms with van der Waals surface area (Å²) in [6.07, 6.45) is 0. The minimum absolute atomic E-state index is 0.0424. The Labute approximate surface area is 111 Å². The van der Waals surface area contributed by atoms with Gasteiger partial charge in [0.1, 0.15) is 23.2 Å². The van der Waals surface area contributed by atoms with Crippen LogP contribution in [0, 0.1) is 17.1 Å². The second-order valence-electron chi connectivity index (χ2n) is 4.00. The number of hydrogen-bond acceptors (Lipinski definition) is 3. The Bertz CT molecular complexity index is 617. The summed E-state index contributed by atoms with van der Waals surface area (Å²) in [4.78, 5) is 1.76. The molecule has 0 amide bonds. The summed E-state index contributed by atoms with van der Waals surface area (Å²) in [6.45, 7) is 0. The topological polar surface area (TPSA) is 36.3 Å². The minimum Gasteiger partial charge on any atom is -0.497 e. The third-order valence-electron chi connectivity index (χ3n) is 2.92. The number of halogens is 1. The van der Waals surface area contributed by atoms with E-state index in [2.05, 4.69) is 0 Å². The number of benzene rings is 2. The Balaban J connectivity index is 2.41. The minimum atomic E-state index is -0.514. The molecule has 4 heteroatoms. The van der Waals surface area contributed by atoms with Crippen molar-refractivity contribution in [3.8, 4) is 11.8 Å². The Hall–Kier alpha value is -2.54. The van der Waals surface area contributed by atoms with Crippen molar-refractivity contribution in [2.45, 2.75) is 0 Å². The normalized spacial score (nSPS) is 9.79. The molecule has 19 heavy (non-hydrogen) atoms. The van der Waals surface area contributed by atoms with Crippen molar-refractivity contribution in [2.75, 3.05) is 19.1 Å². The molecule has 96 valence electrons. The fourth-order valence-electron chi connectivity index (χ4n) is 1.85. The summed E-state index contributed by atoms with van der Waals surface area (Å²) < 4.78 is 18.7. The highest BCUT2D eigenvalue weighted by molar-refractivity contribution is 5.69. The van der Waals surface area contributed by atoms with Crippen molar-refractivity contribution in [3.63, 3.8) is 0 Å². The van der Waals surface area contributed by atoms with Gasteiger partial charge in [0.15, 0.2) is 0 Å². The summed E-state index contributed by atoms with van der Waals surface area (Å²) in [5, 5.41) is 9.04. The van der Waals surface area contributed by atoms with Gasteiger partial charge in [0.05, 0.1) is 12.8 Å². The number of rotatable bonds is 3. The van der Waals surface area contributed by atoms with Gasteiger partial charge in [-0.2, -0.15) is 5.26 Å². The molecule has 0 aliphatic heterocycles. The smallest absolute Gasteiger partial charge is 0.143 e.